The van der Waals surface area contributed by atoms with Crippen LogP contribution in [-0.4, -0.2) is 31.7 Å². The van der Waals surface area contributed by atoms with Crippen LogP contribution in [0, 0.1) is 5.92 Å². The molecule has 0 aromatic heterocycles. The Bertz CT molecular complexity index is 1020. The lowest BCUT2D eigenvalue weighted by Crippen LogP contribution is -2.38. The number of piperidine rings is 1. The van der Waals surface area contributed by atoms with Crippen LogP contribution in [0.3, 0.4) is 0 Å². The van der Waals surface area contributed by atoms with Crippen molar-refractivity contribution >= 4 is 15.9 Å². The smallest absolute Gasteiger partial charge is 0.251 e. The summed E-state index contributed by atoms with van der Waals surface area (Å²) in [4.78, 5) is 13.0. The van der Waals surface area contributed by atoms with Gasteiger partial charge in [-0.3, -0.25) is 4.79 Å². The van der Waals surface area contributed by atoms with Crippen molar-refractivity contribution in [2.45, 2.75) is 63.8 Å². The van der Waals surface area contributed by atoms with E-state index in [9.17, 15) is 13.2 Å². The molecule has 0 aliphatic carbocycles. The summed E-state index contributed by atoms with van der Waals surface area (Å²) in [5.74, 6) is 0.263. The summed E-state index contributed by atoms with van der Waals surface area (Å²) in [6.07, 6.45) is 1.73. The molecule has 31 heavy (non-hydrogen) atoms. The van der Waals surface area contributed by atoms with Gasteiger partial charge in [-0.25, -0.2) is 8.42 Å². The van der Waals surface area contributed by atoms with Crippen LogP contribution in [0.5, 0.6) is 0 Å². The molecule has 1 aliphatic rings. The Morgan fingerprint density at radius 2 is 1.68 bits per heavy atom. The molecule has 0 bridgehead atoms. The van der Waals surface area contributed by atoms with Gasteiger partial charge in [0.25, 0.3) is 5.91 Å². The van der Waals surface area contributed by atoms with Crippen LogP contribution in [0.2, 0.25) is 0 Å². The lowest BCUT2D eigenvalue weighted by Gasteiger charge is -2.29. The molecule has 5 nitrogen and oxygen atoms in total. The first-order chi connectivity index (χ1) is 14.5. The molecular formula is C25H34N2O3S. The Morgan fingerprint density at radius 1 is 1.06 bits per heavy atom. The summed E-state index contributed by atoms with van der Waals surface area (Å²) in [6.45, 7) is 11.6. The zero-order valence-electron chi connectivity index (χ0n) is 19.2. The first-order valence-corrected chi connectivity index (χ1v) is 12.4. The zero-order chi connectivity index (χ0) is 22.8. The molecule has 0 radical (unpaired) electrons. The standard InChI is InChI=1S/C25H34N2O3S/c1-18-13-15-27(16-14-18)31(29,30)23-8-6-7-21(17-23)24(28)26-19(2)20-9-11-22(12-10-20)25(3,4)5/h6-12,17-19H,13-16H2,1-5H3,(H,26,28)/t19-/m0/s1. The predicted octanol–water partition coefficient (Wildman–Crippen LogP) is 4.90. The summed E-state index contributed by atoms with van der Waals surface area (Å²) >= 11 is 0. The number of hydrogen-bond acceptors (Lipinski definition) is 3. The van der Waals surface area contributed by atoms with Gasteiger partial charge in [0.05, 0.1) is 10.9 Å². The van der Waals surface area contributed by atoms with Gasteiger partial charge in [0.1, 0.15) is 0 Å². The average Bonchev–Trinajstić information content (AvgIpc) is 2.73. The van der Waals surface area contributed by atoms with Crippen molar-refractivity contribution in [1.29, 1.82) is 0 Å². The molecule has 1 N–H and O–H groups in total. The van der Waals surface area contributed by atoms with E-state index >= 15 is 0 Å². The molecular weight excluding hydrogens is 408 g/mol. The van der Waals surface area contributed by atoms with Crippen LogP contribution in [-0.2, 0) is 15.4 Å². The van der Waals surface area contributed by atoms with Crippen molar-refractivity contribution in [1.82, 2.24) is 9.62 Å². The Kier molecular flexibility index (Phi) is 6.92. The van der Waals surface area contributed by atoms with Gasteiger partial charge in [0, 0.05) is 18.7 Å². The molecule has 1 amide bonds. The second-order valence-electron chi connectivity index (χ2n) is 9.68. The number of amides is 1. The minimum Gasteiger partial charge on any atom is -0.346 e. The van der Waals surface area contributed by atoms with E-state index < -0.39 is 10.0 Å². The van der Waals surface area contributed by atoms with E-state index in [1.54, 1.807) is 18.2 Å². The molecule has 1 atom stereocenters. The van der Waals surface area contributed by atoms with Crippen molar-refractivity contribution < 1.29 is 13.2 Å². The molecule has 1 aliphatic heterocycles. The van der Waals surface area contributed by atoms with Gasteiger partial charge in [-0.1, -0.05) is 58.0 Å². The summed E-state index contributed by atoms with van der Waals surface area (Å²) in [5.41, 5.74) is 2.67. The summed E-state index contributed by atoms with van der Waals surface area (Å²) in [6, 6.07) is 14.4. The Balaban J connectivity index is 1.72. The van der Waals surface area contributed by atoms with Crippen LogP contribution in [0.1, 0.15) is 75.0 Å². The highest BCUT2D eigenvalue weighted by Gasteiger charge is 2.28. The molecule has 6 heteroatoms. The Morgan fingerprint density at radius 3 is 2.26 bits per heavy atom. The fourth-order valence-electron chi connectivity index (χ4n) is 3.81. The van der Waals surface area contributed by atoms with E-state index in [4.69, 9.17) is 0 Å². The summed E-state index contributed by atoms with van der Waals surface area (Å²) < 4.78 is 27.6. The average molecular weight is 443 g/mol. The first kappa shape index (κ1) is 23.5. The highest BCUT2D eigenvalue weighted by molar-refractivity contribution is 7.89. The van der Waals surface area contributed by atoms with E-state index in [-0.39, 0.29) is 22.3 Å². The second kappa shape index (κ2) is 9.13. The van der Waals surface area contributed by atoms with Crippen LogP contribution >= 0.6 is 0 Å². The molecule has 0 spiro atoms. The number of rotatable bonds is 5. The lowest BCUT2D eigenvalue weighted by molar-refractivity contribution is 0.0939. The van der Waals surface area contributed by atoms with Crippen molar-refractivity contribution in [3.8, 4) is 0 Å². The van der Waals surface area contributed by atoms with Crippen molar-refractivity contribution in [2.75, 3.05) is 13.1 Å². The van der Waals surface area contributed by atoms with E-state index in [0.717, 1.165) is 18.4 Å². The van der Waals surface area contributed by atoms with E-state index in [1.165, 1.54) is 15.9 Å². The molecule has 1 fully saturated rings. The van der Waals surface area contributed by atoms with Gasteiger partial charge >= 0.3 is 0 Å². The Labute approximate surface area is 186 Å². The number of nitrogens with one attached hydrogen (secondary N) is 1. The maximum atomic E-state index is 13.0. The van der Waals surface area contributed by atoms with Gasteiger partial charge in [-0.15, -0.1) is 0 Å². The topological polar surface area (TPSA) is 66.5 Å². The molecule has 2 aromatic carbocycles. The first-order valence-electron chi connectivity index (χ1n) is 11.0. The monoisotopic (exact) mass is 442 g/mol. The van der Waals surface area contributed by atoms with Gasteiger partial charge in [0.15, 0.2) is 0 Å². The summed E-state index contributed by atoms with van der Waals surface area (Å²) in [5, 5.41) is 2.99. The zero-order valence-corrected chi connectivity index (χ0v) is 20.0. The van der Waals surface area contributed by atoms with E-state index in [0.29, 0.717) is 24.6 Å². The fraction of sp³-hybridized carbons (Fsp3) is 0.480. The molecule has 168 valence electrons. The van der Waals surface area contributed by atoms with Gasteiger partial charge in [-0.2, -0.15) is 4.31 Å². The number of carbonyl (C=O) groups excluding carboxylic acids is 1. The number of benzene rings is 2. The van der Waals surface area contributed by atoms with Gasteiger partial charge in [0.2, 0.25) is 10.0 Å². The van der Waals surface area contributed by atoms with Crippen LogP contribution in [0.15, 0.2) is 53.4 Å². The molecule has 0 unspecified atom stereocenters. The minimum atomic E-state index is -3.59. The highest BCUT2D eigenvalue weighted by Crippen LogP contribution is 2.25. The lowest BCUT2D eigenvalue weighted by atomic mass is 9.86. The van der Waals surface area contributed by atoms with Crippen molar-refractivity contribution in [2.24, 2.45) is 5.92 Å². The molecule has 1 saturated heterocycles. The largest absolute Gasteiger partial charge is 0.346 e. The number of sulfonamides is 1. The van der Waals surface area contributed by atoms with E-state index in [1.807, 2.05) is 19.1 Å². The molecule has 2 aromatic rings. The molecule has 1 heterocycles. The third kappa shape index (κ3) is 5.55. The quantitative estimate of drug-likeness (QED) is 0.716. The van der Waals surface area contributed by atoms with Crippen LogP contribution in [0.4, 0.5) is 0 Å². The fourth-order valence-corrected chi connectivity index (χ4v) is 5.32. The predicted molar refractivity (Wildman–Crippen MR) is 125 cm³/mol. The normalized spacial score (nSPS) is 17.3. The molecule has 0 saturated carbocycles. The SMILES string of the molecule is CC1CCN(S(=O)(=O)c2cccc(C(=O)N[C@@H](C)c3ccc(C(C)(C)C)cc3)c2)CC1. The van der Waals surface area contributed by atoms with E-state index in [2.05, 4.69) is 45.1 Å². The maximum Gasteiger partial charge on any atom is 0.251 e. The third-order valence-corrected chi connectivity index (χ3v) is 8.00. The van der Waals surface area contributed by atoms with Crippen LogP contribution < -0.4 is 5.32 Å². The van der Waals surface area contributed by atoms with Crippen molar-refractivity contribution in [3.63, 3.8) is 0 Å². The van der Waals surface area contributed by atoms with Crippen molar-refractivity contribution in [3.05, 3.63) is 65.2 Å². The summed E-state index contributed by atoms with van der Waals surface area (Å²) in [7, 11) is -3.59. The maximum absolute atomic E-state index is 13.0. The van der Waals surface area contributed by atoms with Crippen LogP contribution in [0.25, 0.3) is 0 Å². The molecule has 3 rings (SSSR count). The van der Waals surface area contributed by atoms with Gasteiger partial charge < -0.3 is 5.32 Å². The highest BCUT2D eigenvalue weighted by atomic mass is 32.2. The number of carbonyl (C=O) groups is 1. The second-order valence-corrected chi connectivity index (χ2v) is 11.6. The third-order valence-electron chi connectivity index (χ3n) is 6.10. The Hall–Kier alpha value is -2.18. The number of hydrogen-bond donors (Lipinski definition) is 1. The minimum absolute atomic E-state index is 0.0728. The van der Waals surface area contributed by atoms with Gasteiger partial charge in [-0.05, 0) is 60.4 Å². The number of nitrogens with zero attached hydrogens (tertiary/aromatic N) is 1.